The summed E-state index contributed by atoms with van der Waals surface area (Å²) < 4.78 is 31.3. The summed E-state index contributed by atoms with van der Waals surface area (Å²) in [6.07, 6.45) is -0.223. The first-order valence-corrected chi connectivity index (χ1v) is 8.32. The molecular formula is C14H21NO5S. The Morgan fingerprint density at radius 1 is 1.33 bits per heavy atom. The zero-order valence-electron chi connectivity index (χ0n) is 12.2. The zero-order chi connectivity index (χ0) is 15.9. The molecule has 0 radical (unpaired) electrons. The average Bonchev–Trinajstić information content (AvgIpc) is 2.46. The van der Waals surface area contributed by atoms with Gasteiger partial charge in [0, 0.05) is 0 Å². The molecular weight excluding hydrogens is 294 g/mol. The molecule has 2 N–H and O–H groups in total. The van der Waals surface area contributed by atoms with E-state index in [2.05, 4.69) is 4.72 Å². The first-order chi connectivity index (χ1) is 9.83. The Morgan fingerprint density at radius 3 is 2.48 bits per heavy atom. The second-order valence-corrected chi connectivity index (χ2v) is 6.67. The largest absolute Gasteiger partial charge is 0.466 e. The molecule has 1 aromatic rings. The molecule has 1 unspecified atom stereocenters. The van der Waals surface area contributed by atoms with E-state index < -0.39 is 28.1 Å². The number of hydrogen-bond acceptors (Lipinski definition) is 5. The van der Waals surface area contributed by atoms with E-state index in [9.17, 15) is 18.3 Å². The van der Waals surface area contributed by atoms with E-state index >= 15 is 0 Å². The topological polar surface area (TPSA) is 92.7 Å². The molecule has 118 valence electrons. The van der Waals surface area contributed by atoms with Crippen molar-refractivity contribution in [3.63, 3.8) is 0 Å². The SMILES string of the molecule is CCOC(=O)CCS(=O)(=O)NC(C)(CO)c1ccccc1. The molecule has 0 spiro atoms. The van der Waals surface area contributed by atoms with E-state index in [0.29, 0.717) is 5.56 Å². The summed E-state index contributed by atoms with van der Waals surface area (Å²) in [4.78, 5) is 11.2. The summed E-state index contributed by atoms with van der Waals surface area (Å²) in [6, 6.07) is 8.77. The average molecular weight is 315 g/mol. The van der Waals surface area contributed by atoms with Crippen LogP contribution in [0.15, 0.2) is 30.3 Å². The van der Waals surface area contributed by atoms with Gasteiger partial charge in [-0.15, -0.1) is 0 Å². The molecule has 0 heterocycles. The fraction of sp³-hybridized carbons (Fsp3) is 0.500. The molecule has 0 aromatic heterocycles. The number of nitrogens with one attached hydrogen (secondary N) is 1. The van der Waals surface area contributed by atoms with Gasteiger partial charge in [-0.1, -0.05) is 30.3 Å². The van der Waals surface area contributed by atoms with Gasteiger partial charge in [0.1, 0.15) is 0 Å². The number of ether oxygens (including phenoxy) is 1. The van der Waals surface area contributed by atoms with Crippen molar-refractivity contribution in [2.45, 2.75) is 25.8 Å². The van der Waals surface area contributed by atoms with E-state index in [1.54, 1.807) is 44.2 Å². The molecule has 6 nitrogen and oxygen atoms in total. The normalized spacial score (nSPS) is 14.4. The first-order valence-electron chi connectivity index (χ1n) is 6.66. The quantitative estimate of drug-likeness (QED) is 0.691. The lowest BCUT2D eigenvalue weighted by Gasteiger charge is -2.28. The molecule has 0 fully saturated rings. The van der Waals surface area contributed by atoms with Crippen LogP contribution in [-0.4, -0.2) is 38.5 Å². The van der Waals surface area contributed by atoms with Gasteiger partial charge < -0.3 is 9.84 Å². The number of hydrogen-bond donors (Lipinski definition) is 2. The van der Waals surface area contributed by atoms with Gasteiger partial charge in [-0.25, -0.2) is 13.1 Å². The second kappa shape index (κ2) is 7.53. The molecule has 0 saturated carbocycles. The van der Waals surface area contributed by atoms with Crippen molar-refractivity contribution >= 4 is 16.0 Å². The molecule has 7 heteroatoms. The predicted octanol–water partition coefficient (Wildman–Crippen LogP) is 0.767. The van der Waals surface area contributed by atoms with E-state index in [-0.39, 0.29) is 18.8 Å². The smallest absolute Gasteiger partial charge is 0.306 e. The minimum Gasteiger partial charge on any atom is -0.466 e. The van der Waals surface area contributed by atoms with Crippen LogP contribution in [0, 0.1) is 0 Å². The molecule has 1 aromatic carbocycles. The van der Waals surface area contributed by atoms with Crippen LogP contribution in [-0.2, 0) is 25.1 Å². The molecule has 0 aliphatic carbocycles. The minimum absolute atomic E-state index is 0.213. The monoisotopic (exact) mass is 315 g/mol. The van der Waals surface area contributed by atoms with Crippen molar-refractivity contribution in [2.75, 3.05) is 19.0 Å². The highest BCUT2D eigenvalue weighted by Gasteiger charge is 2.31. The van der Waals surface area contributed by atoms with Crippen molar-refractivity contribution in [3.05, 3.63) is 35.9 Å². The van der Waals surface area contributed by atoms with Gasteiger partial charge in [-0.2, -0.15) is 0 Å². The lowest BCUT2D eigenvalue weighted by Crippen LogP contribution is -2.47. The van der Waals surface area contributed by atoms with E-state index in [1.165, 1.54) is 0 Å². The van der Waals surface area contributed by atoms with Crippen LogP contribution in [0.1, 0.15) is 25.8 Å². The number of esters is 1. The van der Waals surface area contributed by atoms with Crippen LogP contribution in [0.4, 0.5) is 0 Å². The van der Waals surface area contributed by atoms with Gasteiger partial charge in [-0.3, -0.25) is 4.79 Å². The third-order valence-electron chi connectivity index (χ3n) is 2.99. The van der Waals surface area contributed by atoms with Gasteiger partial charge >= 0.3 is 5.97 Å². The molecule has 0 bridgehead atoms. The first kappa shape index (κ1) is 17.6. The van der Waals surface area contributed by atoms with Gasteiger partial charge in [0.05, 0.1) is 30.9 Å². The minimum atomic E-state index is -3.72. The Morgan fingerprint density at radius 2 is 1.95 bits per heavy atom. The van der Waals surface area contributed by atoms with Crippen molar-refractivity contribution in [1.29, 1.82) is 0 Å². The summed E-state index contributed by atoms with van der Waals surface area (Å²) in [5, 5.41) is 9.55. The molecule has 1 rings (SSSR count). The highest BCUT2D eigenvalue weighted by Crippen LogP contribution is 2.21. The molecule has 21 heavy (non-hydrogen) atoms. The highest BCUT2D eigenvalue weighted by atomic mass is 32.2. The van der Waals surface area contributed by atoms with Crippen LogP contribution in [0.3, 0.4) is 0 Å². The Kier molecular flexibility index (Phi) is 6.32. The van der Waals surface area contributed by atoms with E-state index in [4.69, 9.17) is 4.74 Å². The van der Waals surface area contributed by atoms with Gasteiger partial charge in [-0.05, 0) is 19.4 Å². The third-order valence-corrected chi connectivity index (χ3v) is 4.49. The maximum absolute atomic E-state index is 12.1. The van der Waals surface area contributed by atoms with Gasteiger partial charge in [0.2, 0.25) is 10.0 Å². The lowest BCUT2D eigenvalue weighted by atomic mass is 9.94. The van der Waals surface area contributed by atoms with Gasteiger partial charge in [0.25, 0.3) is 0 Å². The standard InChI is InChI=1S/C14H21NO5S/c1-3-20-13(17)9-10-21(18,19)15-14(2,11-16)12-7-5-4-6-8-12/h4-8,15-16H,3,9-11H2,1-2H3. The molecule has 1 atom stereocenters. The Labute approximate surface area is 125 Å². The Bertz CT molecular complexity index is 558. The summed E-state index contributed by atoms with van der Waals surface area (Å²) in [6.45, 7) is 3.06. The van der Waals surface area contributed by atoms with Crippen molar-refractivity contribution in [2.24, 2.45) is 0 Å². The molecule has 0 aliphatic heterocycles. The maximum atomic E-state index is 12.1. The van der Waals surface area contributed by atoms with Crippen LogP contribution >= 0.6 is 0 Å². The maximum Gasteiger partial charge on any atom is 0.306 e. The number of benzene rings is 1. The highest BCUT2D eigenvalue weighted by molar-refractivity contribution is 7.89. The fourth-order valence-corrected chi connectivity index (χ4v) is 3.24. The summed E-state index contributed by atoms with van der Waals surface area (Å²) in [7, 11) is -3.72. The van der Waals surface area contributed by atoms with Crippen LogP contribution in [0.2, 0.25) is 0 Å². The summed E-state index contributed by atoms with van der Waals surface area (Å²) >= 11 is 0. The zero-order valence-corrected chi connectivity index (χ0v) is 13.0. The number of rotatable bonds is 8. The fourth-order valence-electron chi connectivity index (χ4n) is 1.83. The summed E-state index contributed by atoms with van der Waals surface area (Å²) in [5.41, 5.74) is -0.485. The Balaban J connectivity index is 2.78. The van der Waals surface area contributed by atoms with E-state index in [0.717, 1.165) is 0 Å². The number of aliphatic hydroxyl groups is 1. The molecule has 0 amide bonds. The molecule has 0 aliphatic rings. The van der Waals surface area contributed by atoms with Crippen LogP contribution < -0.4 is 4.72 Å². The number of sulfonamides is 1. The Hall–Kier alpha value is -1.44. The predicted molar refractivity (Wildman–Crippen MR) is 79.1 cm³/mol. The number of carbonyl (C=O) groups is 1. The van der Waals surface area contributed by atoms with Crippen molar-refractivity contribution in [1.82, 2.24) is 4.72 Å². The van der Waals surface area contributed by atoms with Gasteiger partial charge in [0.15, 0.2) is 0 Å². The van der Waals surface area contributed by atoms with E-state index in [1.807, 2.05) is 0 Å². The molecule has 0 saturated heterocycles. The summed E-state index contributed by atoms with van der Waals surface area (Å²) in [5.74, 6) is -0.942. The number of aliphatic hydroxyl groups excluding tert-OH is 1. The van der Waals surface area contributed by atoms with Crippen LogP contribution in [0.25, 0.3) is 0 Å². The lowest BCUT2D eigenvalue weighted by molar-refractivity contribution is -0.142. The third kappa shape index (κ3) is 5.45. The number of carbonyl (C=O) groups excluding carboxylic acids is 1. The van der Waals surface area contributed by atoms with Crippen molar-refractivity contribution in [3.8, 4) is 0 Å². The van der Waals surface area contributed by atoms with Crippen molar-refractivity contribution < 1.29 is 23.1 Å². The van der Waals surface area contributed by atoms with Crippen LogP contribution in [0.5, 0.6) is 0 Å². The second-order valence-electron chi connectivity index (χ2n) is 4.83.